The zero-order chi connectivity index (χ0) is 13.4. The molecule has 0 unspecified atom stereocenters. The Morgan fingerprint density at radius 3 is 2.90 bits per heavy atom. The van der Waals surface area contributed by atoms with E-state index in [2.05, 4.69) is 63.5 Å². The van der Waals surface area contributed by atoms with Crippen LogP contribution in [-0.4, -0.2) is 13.2 Å². The molecule has 2 heterocycles. The number of hydrazine groups is 1. The van der Waals surface area contributed by atoms with Gasteiger partial charge in [-0.3, -0.25) is 0 Å². The number of benzene rings is 2. The molecule has 0 aromatic heterocycles. The summed E-state index contributed by atoms with van der Waals surface area (Å²) in [6.07, 6.45) is 1.08. The van der Waals surface area contributed by atoms with E-state index in [1.807, 2.05) is 0 Å². The van der Waals surface area contributed by atoms with Crippen molar-refractivity contribution in [3.05, 3.63) is 53.6 Å². The predicted octanol–water partition coefficient (Wildman–Crippen LogP) is 2.55. The van der Waals surface area contributed by atoms with Gasteiger partial charge in [-0.2, -0.15) is 0 Å². The van der Waals surface area contributed by atoms with Gasteiger partial charge in [-0.15, -0.1) is 0 Å². The number of hydrogen-bond acceptors (Lipinski definition) is 4. The second-order valence-corrected chi connectivity index (χ2v) is 5.33. The van der Waals surface area contributed by atoms with Gasteiger partial charge in [0.25, 0.3) is 0 Å². The van der Waals surface area contributed by atoms with Crippen LogP contribution in [0.2, 0.25) is 0 Å². The molecule has 2 aliphatic rings. The minimum Gasteiger partial charge on any atom is -0.367 e. The van der Waals surface area contributed by atoms with Crippen LogP contribution in [0.25, 0.3) is 0 Å². The molecule has 2 aromatic carbocycles. The number of nitrogens with one attached hydrogen (secondary N) is 3. The van der Waals surface area contributed by atoms with Gasteiger partial charge in [-0.1, -0.05) is 18.2 Å². The van der Waals surface area contributed by atoms with E-state index in [9.17, 15) is 0 Å². The van der Waals surface area contributed by atoms with Gasteiger partial charge in [0.2, 0.25) is 0 Å². The third-order valence-electron chi connectivity index (χ3n) is 4.04. The first-order chi connectivity index (χ1) is 9.90. The van der Waals surface area contributed by atoms with Crippen molar-refractivity contribution in [1.82, 2.24) is 5.43 Å². The minimum atomic E-state index is 0.863. The monoisotopic (exact) mass is 266 g/mol. The highest BCUT2D eigenvalue weighted by atomic mass is 15.4. The van der Waals surface area contributed by atoms with Crippen molar-refractivity contribution in [3.63, 3.8) is 0 Å². The molecule has 4 rings (SSSR count). The highest BCUT2D eigenvalue weighted by molar-refractivity contribution is 5.64. The zero-order valence-electron chi connectivity index (χ0n) is 11.3. The molecule has 2 aromatic rings. The van der Waals surface area contributed by atoms with Gasteiger partial charge in [0.1, 0.15) is 0 Å². The van der Waals surface area contributed by atoms with E-state index in [-0.39, 0.29) is 0 Å². The third-order valence-corrected chi connectivity index (χ3v) is 4.04. The molecular formula is C16H18N4. The Morgan fingerprint density at radius 1 is 0.950 bits per heavy atom. The minimum absolute atomic E-state index is 0.863. The highest BCUT2D eigenvalue weighted by Gasteiger charge is 2.17. The Morgan fingerprint density at radius 2 is 1.90 bits per heavy atom. The van der Waals surface area contributed by atoms with Crippen LogP contribution in [0.15, 0.2) is 42.5 Å². The molecular weight excluding hydrogens is 248 g/mol. The Bertz CT molecular complexity index is 638. The van der Waals surface area contributed by atoms with Crippen LogP contribution in [0.5, 0.6) is 0 Å². The van der Waals surface area contributed by atoms with Crippen molar-refractivity contribution in [2.45, 2.75) is 13.0 Å². The van der Waals surface area contributed by atoms with Crippen molar-refractivity contribution in [3.8, 4) is 0 Å². The second-order valence-electron chi connectivity index (χ2n) is 5.33. The molecule has 0 bridgehead atoms. The van der Waals surface area contributed by atoms with Gasteiger partial charge in [0, 0.05) is 24.5 Å². The molecule has 0 spiro atoms. The molecule has 4 heteroatoms. The standard InChI is InChI=1S/C16H18N4/c1-2-4-15-13(3-1)10-20(11-17-15)14-5-6-16-12(9-14)7-8-18-19-16/h1-6,9,17-19H,7-8,10-11H2. The SMILES string of the molecule is c1ccc2c(c1)CN(c1ccc3c(c1)CCNN3)CN2. The Balaban J connectivity index is 1.63. The zero-order valence-corrected chi connectivity index (χ0v) is 11.3. The van der Waals surface area contributed by atoms with Crippen LogP contribution in [0.1, 0.15) is 11.1 Å². The van der Waals surface area contributed by atoms with Crippen LogP contribution >= 0.6 is 0 Å². The van der Waals surface area contributed by atoms with Crippen molar-refractivity contribution < 1.29 is 0 Å². The fraction of sp³-hybridized carbons (Fsp3) is 0.250. The number of anilines is 3. The molecule has 3 N–H and O–H groups in total. The molecule has 102 valence electrons. The summed E-state index contributed by atoms with van der Waals surface area (Å²) in [5, 5.41) is 3.49. The van der Waals surface area contributed by atoms with E-state index in [0.717, 1.165) is 26.2 Å². The molecule has 0 atom stereocenters. The number of nitrogens with zero attached hydrogens (tertiary/aromatic N) is 1. The lowest BCUT2D eigenvalue weighted by Crippen LogP contribution is -2.34. The Hall–Kier alpha value is -2.20. The van der Waals surface area contributed by atoms with E-state index in [1.165, 1.54) is 28.2 Å². The van der Waals surface area contributed by atoms with E-state index in [1.54, 1.807) is 0 Å². The quantitative estimate of drug-likeness (QED) is 0.742. The van der Waals surface area contributed by atoms with E-state index in [0.29, 0.717) is 0 Å². The summed E-state index contributed by atoms with van der Waals surface area (Å²) in [7, 11) is 0. The van der Waals surface area contributed by atoms with Crippen LogP contribution in [0.4, 0.5) is 17.1 Å². The van der Waals surface area contributed by atoms with Crippen molar-refractivity contribution in [2.75, 3.05) is 28.9 Å². The Kier molecular flexibility index (Phi) is 2.74. The first-order valence-corrected chi connectivity index (χ1v) is 7.09. The maximum absolute atomic E-state index is 3.49. The number of para-hydroxylation sites is 1. The molecule has 0 aliphatic carbocycles. The molecule has 0 amide bonds. The summed E-state index contributed by atoms with van der Waals surface area (Å²) in [6.45, 7) is 2.81. The van der Waals surface area contributed by atoms with Crippen molar-refractivity contribution >= 4 is 17.1 Å². The fourth-order valence-electron chi connectivity index (χ4n) is 2.92. The first kappa shape index (κ1) is 11.6. The lowest BCUT2D eigenvalue weighted by atomic mass is 10.1. The van der Waals surface area contributed by atoms with Crippen LogP contribution in [0, 0.1) is 0 Å². The molecule has 20 heavy (non-hydrogen) atoms. The lowest BCUT2D eigenvalue weighted by Gasteiger charge is -2.32. The molecule has 0 fully saturated rings. The molecule has 2 aliphatic heterocycles. The van der Waals surface area contributed by atoms with E-state index >= 15 is 0 Å². The first-order valence-electron chi connectivity index (χ1n) is 7.09. The number of rotatable bonds is 1. The topological polar surface area (TPSA) is 39.3 Å². The molecule has 0 saturated carbocycles. The predicted molar refractivity (Wildman–Crippen MR) is 82.9 cm³/mol. The average Bonchev–Trinajstić information content (AvgIpc) is 2.54. The second kappa shape index (κ2) is 4.72. The summed E-state index contributed by atoms with van der Waals surface area (Å²) in [6, 6.07) is 15.2. The summed E-state index contributed by atoms with van der Waals surface area (Å²) >= 11 is 0. The van der Waals surface area contributed by atoms with Crippen LogP contribution in [0.3, 0.4) is 0 Å². The largest absolute Gasteiger partial charge is 0.367 e. The average molecular weight is 266 g/mol. The van der Waals surface area contributed by atoms with Gasteiger partial charge in [0.15, 0.2) is 0 Å². The van der Waals surface area contributed by atoms with Gasteiger partial charge in [0.05, 0.1) is 12.4 Å². The summed E-state index contributed by atoms with van der Waals surface area (Å²) in [4.78, 5) is 2.38. The maximum Gasteiger partial charge on any atom is 0.0880 e. The van der Waals surface area contributed by atoms with Crippen LogP contribution < -0.4 is 21.1 Å². The molecule has 0 radical (unpaired) electrons. The van der Waals surface area contributed by atoms with Gasteiger partial charge in [-0.25, -0.2) is 5.43 Å². The normalized spacial score (nSPS) is 16.7. The maximum atomic E-state index is 3.49. The van der Waals surface area contributed by atoms with Crippen molar-refractivity contribution in [1.29, 1.82) is 0 Å². The van der Waals surface area contributed by atoms with Gasteiger partial charge >= 0.3 is 0 Å². The van der Waals surface area contributed by atoms with Gasteiger partial charge in [-0.05, 0) is 41.8 Å². The summed E-state index contributed by atoms with van der Waals surface area (Å²) in [5.74, 6) is 0. The smallest absolute Gasteiger partial charge is 0.0880 e. The molecule has 0 saturated heterocycles. The summed E-state index contributed by atoms with van der Waals surface area (Å²) < 4.78 is 0. The van der Waals surface area contributed by atoms with Crippen LogP contribution in [-0.2, 0) is 13.0 Å². The number of hydrogen-bond donors (Lipinski definition) is 3. The third kappa shape index (κ3) is 1.98. The van der Waals surface area contributed by atoms with E-state index in [4.69, 9.17) is 0 Å². The highest BCUT2D eigenvalue weighted by Crippen LogP contribution is 2.29. The van der Waals surface area contributed by atoms with Crippen molar-refractivity contribution in [2.24, 2.45) is 0 Å². The molecule has 4 nitrogen and oxygen atoms in total. The van der Waals surface area contributed by atoms with Gasteiger partial charge < -0.3 is 15.6 Å². The lowest BCUT2D eigenvalue weighted by molar-refractivity contribution is 0.744. The number of fused-ring (bicyclic) bond motifs is 2. The summed E-state index contributed by atoms with van der Waals surface area (Å²) in [5.41, 5.74) is 12.9. The Labute approximate surface area is 118 Å². The van der Waals surface area contributed by atoms with E-state index < -0.39 is 0 Å². The fourth-order valence-corrected chi connectivity index (χ4v) is 2.92.